The Bertz CT molecular complexity index is 883. The number of aryl methyl sites for hydroxylation is 1. The Morgan fingerprint density at radius 1 is 1.27 bits per heavy atom. The predicted octanol–water partition coefficient (Wildman–Crippen LogP) is 3.80. The van der Waals surface area contributed by atoms with Crippen molar-refractivity contribution in [2.45, 2.75) is 6.92 Å². The molecule has 0 atom stereocenters. The van der Waals surface area contributed by atoms with Gasteiger partial charge < -0.3 is 5.32 Å². The van der Waals surface area contributed by atoms with E-state index in [-0.39, 0.29) is 5.91 Å². The predicted molar refractivity (Wildman–Crippen MR) is 85.1 cm³/mol. The number of aromatic nitrogens is 2. The molecule has 2 aromatic carbocycles. The van der Waals surface area contributed by atoms with Crippen LogP contribution in [-0.2, 0) is 4.79 Å². The molecule has 0 aliphatic rings. The van der Waals surface area contributed by atoms with Gasteiger partial charge in [-0.25, -0.2) is 4.39 Å². The number of fused-ring (bicyclic) bond motifs is 1. The van der Waals surface area contributed by atoms with Crippen LogP contribution in [0.3, 0.4) is 0 Å². The number of nitrogens with one attached hydrogen (secondary N) is 2. The van der Waals surface area contributed by atoms with Gasteiger partial charge in [0.2, 0.25) is 5.91 Å². The van der Waals surface area contributed by atoms with Gasteiger partial charge in [-0.1, -0.05) is 12.6 Å². The molecule has 3 rings (SSSR count). The summed E-state index contributed by atoms with van der Waals surface area (Å²) in [7, 11) is 0. The van der Waals surface area contributed by atoms with Crippen molar-refractivity contribution in [3.63, 3.8) is 0 Å². The first-order valence-corrected chi connectivity index (χ1v) is 6.76. The van der Waals surface area contributed by atoms with E-state index >= 15 is 0 Å². The van der Waals surface area contributed by atoms with E-state index < -0.39 is 5.82 Å². The molecule has 0 aliphatic carbocycles. The van der Waals surface area contributed by atoms with Crippen molar-refractivity contribution in [2.75, 3.05) is 5.32 Å². The third-order valence-electron chi connectivity index (χ3n) is 3.44. The number of halogens is 1. The first-order valence-electron chi connectivity index (χ1n) is 6.76. The fraction of sp³-hybridized carbons (Fsp3) is 0.0588. The first kappa shape index (κ1) is 14.0. The summed E-state index contributed by atoms with van der Waals surface area (Å²) in [6.07, 6.45) is 1.14. The number of nitrogens with zero attached hydrogens (tertiary/aromatic N) is 1. The van der Waals surface area contributed by atoms with Crippen LogP contribution >= 0.6 is 0 Å². The molecular formula is C17H14FN3O. The molecule has 0 bridgehead atoms. The van der Waals surface area contributed by atoms with Gasteiger partial charge in [0.15, 0.2) is 0 Å². The van der Waals surface area contributed by atoms with Gasteiger partial charge in [-0.05, 0) is 54.5 Å². The van der Waals surface area contributed by atoms with Crippen molar-refractivity contribution in [1.82, 2.24) is 10.2 Å². The maximum absolute atomic E-state index is 13.8. The minimum absolute atomic E-state index is 0.377. The summed E-state index contributed by atoms with van der Waals surface area (Å²) in [5.41, 5.74) is 3.74. The molecule has 2 N–H and O–H groups in total. The molecule has 0 saturated carbocycles. The van der Waals surface area contributed by atoms with E-state index in [2.05, 4.69) is 22.1 Å². The van der Waals surface area contributed by atoms with E-state index in [0.717, 1.165) is 28.2 Å². The fourth-order valence-corrected chi connectivity index (χ4v) is 2.35. The average Bonchev–Trinajstić information content (AvgIpc) is 2.87. The third kappa shape index (κ3) is 2.61. The molecule has 5 heteroatoms. The summed E-state index contributed by atoms with van der Waals surface area (Å²) >= 11 is 0. The standard InChI is InChI=1S/C17H14FN3O/c1-3-17(22)19-14-7-12(6-13(18)9-14)11-4-5-16-15(8-11)10(2)20-21-16/h3-9H,1H2,2H3,(H,19,22)(H,20,21). The zero-order chi connectivity index (χ0) is 15.7. The van der Waals surface area contributed by atoms with E-state index in [4.69, 9.17) is 0 Å². The van der Waals surface area contributed by atoms with E-state index in [1.54, 1.807) is 6.07 Å². The molecule has 1 aromatic heterocycles. The van der Waals surface area contributed by atoms with Crippen LogP contribution in [0, 0.1) is 12.7 Å². The molecule has 0 unspecified atom stereocenters. The fourth-order valence-electron chi connectivity index (χ4n) is 2.35. The first-order chi connectivity index (χ1) is 10.6. The van der Waals surface area contributed by atoms with Gasteiger partial charge in [0.05, 0.1) is 11.2 Å². The highest BCUT2D eigenvalue weighted by Crippen LogP contribution is 2.28. The zero-order valence-electron chi connectivity index (χ0n) is 12.0. The smallest absolute Gasteiger partial charge is 0.247 e. The van der Waals surface area contributed by atoms with E-state index in [9.17, 15) is 9.18 Å². The SMILES string of the molecule is C=CC(=O)Nc1cc(F)cc(-c2ccc3[nH]nc(C)c3c2)c1. The summed E-state index contributed by atoms with van der Waals surface area (Å²) in [6, 6.07) is 10.2. The Morgan fingerprint density at radius 3 is 2.86 bits per heavy atom. The molecule has 0 fully saturated rings. The number of aromatic amines is 1. The summed E-state index contributed by atoms with van der Waals surface area (Å²) in [5, 5.41) is 10.6. The van der Waals surface area contributed by atoms with Gasteiger partial charge >= 0.3 is 0 Å². The number of amides is 1. The molecule has 0 aliphatic heterocycles. The topological polar surface area (TPSA) is 57.8 Å². The maximum atomic E-state index is 13.8. The lowest BCUT2D eigenvalue weighted by Crippen LogP contribution is -2.07. The van der Waals surface area contributed by atoms with Crippen LogP contribution in [0.2, 0.25) is 0 Å². The number of carbonyl (C=O) groups excluding carboxylic acids is 1. The van der Waals surface area contributed by atoms with Crippen LogP contribution in [-0.4, -0.2) is 16.1 Å². The molecular weight excluding hydrogens is 281 g/mol. The van der Waals surface area contributed by atoms with E-state index in [1.807, 2.05) is 25.1 Å². The molecule has 0 spiro atoms. The molecule has 0 radical (unpaired) electrons. The molecule has 110 valence electrons. The zero-order valence-corrected chi connectivity index (χ0v) is 12.0. The monoisotopic (exact) mass is 295 g/mol. The highest BCUT2D eigenvalue weighted by Gasteiger charge is 2.08. The Morgan fingerprint density at radius 2 is 2.09 bits per heavy atom. The van der Waals surface area contributed by atoms with Gasteiger partial charge in [0.25, 0.3) is 0 Å². The van der Waals surface area contributed by atoms with Crippen molar-refractivity contribution in [1.29, 1.82) is 0 Å². The molecule has 3 aromatic rings. The van der Waals surface area contributed by atoms with Crippen LogP contribution in [0.5, 0.6) is 0 Å². The number of anilines is 1. The minimum Gasteiger partial charge on any atom is -0.322 e. The normalized spacial score (nSPS) is 10.6. The van der Waals surface area contributed by atoms with Crippen molar-refractivity contribution in [2.24, 2.45) is 0 Å². The minimum atomic E-state index is -0.416. The summed E-state index contributed by atoms with van der Waals surface area (Å²) in [6.45, 7) is 5.29. The summed E-state index contributed by atoms with van der Waals surface area (Å²) in [4.78, 5) is 11.4. The maximum Gasteiger partial charge on any atom is 0.247 e. The van der Waals surface area contributed by atoms with Gasteiger partial charge in [-0.15, -0.1) is 0 Å². The van der Waals surface area contributed by atoms with Gasteiger partial charge in [-0.2, -0.15) is 5.10 Å². The number of H-pyrrole nitrogens is 1. The molecule has 0 saturated heterocycles. The van der Waals surface area contributed by atoms with Crippen LogP contribution in [0.15, 0.2) is 49.1 Å². The van der Waals surface area contributed by atoms with Crippen LogP contribution in [0.25, 0.3) is 22.0 Å². The highest BCUT2D eigenvalue weighted by atomic mass is 19.1. The lowest BCUT2D eigenvalue weighted by atomic mass is 10.0. The second-order valence-electron chi connectivity index (χ2n) is 4.99. The lowest BCUT2D eigenvalue weighted by Gasteiger charge is -2.07. The number of rotatable bonds is 3. The Kier molecular flexibility index (Phi) is 3.47. The van der Waals surface area contributed by atoms with E-state index in [0.29, 0.717) is 11.3 Å². The highest BCUT2D eigenvalue weighted by molar-refractivity contribution is 5.99. The number of benzene rings is 2. The second kappa shape index (κ2) is 5.44. The Balaban J connectivity index is 2.07. The van der Waals surface area contributed by atoms with Gasteiger partial charge in [-0.3, -0.25) is 9.89 Å². The quantitative estimate of drug-likeness (QED) is 0.722. The van der Waals surface area contributed by atoms with Crippen molar-refractivity contribution >= 4 is 22.5 Å². The number of carbonyl (C=O) groups is 1. The van der Waals surface area contributed by atoms with Crippen LogP contribution < -0.4 is 5.32 Å². The van der Waals surface area contributed by atoms with Gasteiger partial charge in [0, 0.05) is 11.1 Å². The largest absolute Gasteiger partial charge is 0.322 e. The molecule has 22 heavy (non-hydrogen) atoms. The third-order valence-corrected chi connectivity index (χ3v) is 3.44. The molecule has 4 nitrogen and oxygen atoms in total. The van der Waals surface area contributed by atoms with Crippen molar-refractivity contribution in [3.8, 4) is 11.1 Å². The Hall–Kier alpha value is -2.95. The average molecular weight is 295 g/mol. The lowest BCUT2D eigenvalue weighted by molar-refractivity contribution is -0.111. The summed E-state index contributed by atoms with van der Waals surface area (Å²) < 4.78 is 13.8. The number of hydrogen-bond acceptors (Lipinski definition) is 2. The number of hydrogen-bond donors (Lipinski definition) is 2. The molecule has 1 amide bonds. The second-order valence-corrected chi connectivity index (χ2v) is 4.99. The van der Waals surface area contributed by atoms with Crippen LogP contribution in [0.4, 0.5) is 10.1 Å². The Labute approximate surface area is 126 Å². The molecule has 1 heterocycles. The van der Waals surface area contributed by atoms with Crippen LogP contribution in [0.1, 0.15) is 5.69 Å². The summed E-state index contributed by atoms with van der Waals surface area (Å²) in [5.74, 6) is -0.793. The van der Waals surface area contributed by atoms with Crippen molar-refractivity contribution < 1.29 is 9.18 Å². The van der Waals surface area contributed by atoms with E-state index in [1.165, 1.54) is 12.1 Å². The van der Waals surface area contributed by atoms with Crippen molar-refractivity contribution in [3.05, 3.63) is 60.6 Å². The van der Waals surface area contributed by atoms with Gasteiger partial charge in [0.1, 0.15) is 5.82 Å².